The van der Waals surface area contributed by atoms with E-state index in [-0.39, 0.29) is 23.1 Å². The minimum Gasteiger partial charge on any atom is -0.354 e. The van der Waals surface area contributed by atoms with Crippen LogP contribution >= 0.6 is 0 Å². The maximum Gasteiger partial charge on any atom is 0.221 e. The van der Waals surface area contributed by atoms with E-state index in [1.54, 1.807) is 0 Å². The van der Waals surface area contributed by atoms with Gasteiger partial charge in [-0.3, -0.25) is 9.59 Å². The zero-order valence-electron chi connectivity index (χ0n) is 13.7. The lowest BCUT2D eigenvalue weighted by Crippen LogP contribution is -2.31. The molecule has 0 aromatic carbocycles. The van der Waals surface area contributed by atoms with E-state index in [9.17, 15) is 9.59 Å². The number of rotatable bonds is 4. The minimum absolute atomic E-state index is 0.00676. The van der Waals surface area contributed by atoms with Gasteiger partial charge in [0.05, 0.1) is 0 Å². The van der Waals surface area contributed by atoms with E-state index >= 15 is 0 Å². The van der Waals surface area contributed by atoms with Crippen LogP contribution in [0.25, 0.3) is 0 Å². The van der Waals surface area contributed by atoms with Crippen LogP contribution in [0.15, 0.2) is 6.07 Å². The first kappa shape index (κ1) is 15.8. The number of nitrogens with zero attached hydrogens (tertiary/aromatic N) is 1. The molecule has 0 spiro atoms. The van der Waals surface area contributed by atoms with Crippen molar-refractivity contribution < 1.29 is 9.59 Å². The van der Waals surface area contributed by atoms with Crippen LogP contribution in [0.2, 0.25) is 0 Å². The number of nitrogens with one attached hydrogen (secondary N) is 1. The van der Waals surface area contributed by atoms with Crippen molar-refractivity contribution in [3.63, 3.8) is 0 Å². The van der Waals surface area contributed by atoms with E-state index in [1.165, 1.54) is 0 Å². The zero-order chi connectivity index (χ0) is 15.8. The summed E-state index contributed by atoms with van der Waals surface area (Å²) in [6, 6.07) is 2.14. The number of fused-ring (bicyclic) bond motifs is 1. The fourth-order valence-electron chi connectivity index (χ4n) is 3.12. The quantitative estimate of drug-likeness (QED) is 0.927. The number of hydrogen-bond donors (Lipinski definition) is 1. The van der Waals surface area contributed by atoms with Crippen molar-refractivity contribution >= 4 is 11.7 Å². The van der Waals surface area contributed by atoms with Gasteiger partial charge in [-0.1, -0.05) is 13.8 Å². The molecular formula is C17H26N2O2. The third-order valence-corrected chi connectivity index (χ3v) is 4.01. The molecule has 0 saturated carbocycles. The van der Waals surface area contributed by atoms with Crippen LogP contribution < -0.4 is 5.32 Å². The first-order chi connectivity index (χ1) is 9.69. The molecule has 1 aliphatic rings. The number of Topliss-reactive ketones (excluding diaryl/α,β-unsaturated/α-hetero) is 1. The Bertz CT molecular complexity index is 568. The summed E-state index contributed by atoms with van der Waals surface area (Å²) in [4.78, 5) is 24.1. The number of carbonyl (C=O) groups excluding carboxylic acids is 2. The fraction of sp³-hybridized carbons (Fsp3) is 0.647. The van der Waals surface area contributed by atoms with E-state index in [1.807, 2.05) is 26.8 Å². The van der Waals surface area contributed by atoms with Gasteiger partial charge in [-0.2, -0.15) is 0 Å². The second-order valence-corrected chi connectivity index (χ2v) is 7.21. The molecule has 0 fully saturated rings. The van der Waals surface area contributed by atoms with Gasteiger partial charge >= 0.3 is 0 Å². The molecule has 1 aromatic rings. The Morgan fingerprint density at radius 1 is 1.38 bits per heavy atom. The van der Waals surface area contributed by atoms with Crippen LogP contribution in [-0.4, -0.2) is 22.3 Å². The predicted octanol–water partition coefficient (Wildman–Crippen LogP) is 2.87. The largest absolute Gasteiger partial charge is 0.354 e. The minimum atomic E-state index is 0.00676. The maximum absolute atomic E-state index is 12.3. The molecule has 1 aliphatic carbocycles. The molecule has 0 saturated heterocycles. The molecule has 2 rings (SSSR count). The van der Waals surface area contributed by atoms with Gasteiger partial charge in [-0.05, 0) is 38.7 Å². The number of aromatic nitrogens is 1. The second kappa shape index (κ2) is 5.66. The van der Waals surface area contributed by atoms with Gasteiger partial charge in [0.1, 0.15) is 0 Å². The summed E-state index contributed by atoms with van der Waals surface area (Å²) in [5.74, 6) is 0.294. The molecule has 1 aromatic heterocycles. The Kier molecular flexibility index (Phi) is 4.26. The van der Waals surface area contributed by atoms with Gasteiger partial charge in [0.25, 0.3) is 0 Å². The molecule has 0 aliphatic heterocycles. The summed E-state index contributed by atoms with van der Waals surface area (Å²) >= 11 is 0. The Labute approximate surface area is 126 Å². The van der Waals surface area contributed by atoms with Gasteiger partial charge in [-0.15, -0.1) is 0 Å². The highest BCUT2D eigenvalue weighted by Gasteiger charge is 2.33. The van der Waals surface area contributed by atoms with E-state index in [0.717, 1.165) is 23.4 Å². The Morgan fingerprint density at radius 3 is 2.67 bits per heavy atom. The Morgan fingerprint density at radius 2 is 2.05 bits per heavy atom. The third-order valence-electron chi connectivity index (χ3n) is 4.01. The third kappa shape index (κ3) is 3.55. The lowest BCUT2D eigenvalue weighted by Gasteiger charge is -2.29. The topological polar surface area (TPSA) is 51.1 Å². The van der Waals surface area contributed by atoms with Crippen LogP contribution in [0.3, 0.4) is 0 Å². The molecule has 4 heteroatoms. The summed E-state index contributed by atoms with van der Waals surface area (Å²) in [6.07, 6.45) is 1.96. The molecule has 1 heterocycles. The van der Waals surface area contributed by atoms with E-state index in [2.05, 4.69) is 23.7 Å². The van der Waals surface area contributed by atoms with Crippen molar-refractivity contribution in [2.75, 3.05) is 0 Å². The van der Waals surface area contributed by atoms with Crippen molar-refractivity contribution in [2.45, 2.75) is 66.5 Å². The Hall–Kier alpha value is -1.58. The summed E-state index contributed by atoms with van der Waals surface area (Å²) in [7, 11) is 0. The van der Waals surface area contributed by atoms with Crippen molar-refractivity contribution in [3.05, 3.63) is 23.0 Å². The first-order valence-corrected chi connectivity index (χ1v) is 7.71. The summed E-state index contributed by atoms with van der Waals surface area (Å²) in [5.41, 5.74) is 3.04. The van der Waals surface area contributed by atoms with E-state index < -0.39 is 0 Å². The van der Waals surface area contributed by atoms with Gasteiger partial charge in [0.15, 0.2) is 5.78 Å². The molecule has 0 atom stereocenters. The smallest absolute Gasteiger partial charge is 0.221 e. The number of hydrogen-bond acceptors (Lipinski definition) is 2. The van der Waals surface area contributed by atoms with E-state index in [4.69, 9.17) is 0 Å². The van der Waals surface area contributed by atoms with Crippen molar-refractivity contribution in [3.8, 4) is 0 Å². The predicted molar refractivity (Wildman–Crippen MR) is 83.5 cm³/mol. The molecular weight excluding hydrogens is 264 g/mol. The highest BCUT2D eigenvalue weighted by atomic mass is 16.1. The second-order valence-electron chi connectivity index (χ2n) is 7.21. The van der Waals surface area contributed by atoms with Crippen LogP contribution in [0, 0.1) is 12.3 Å². The number of carbonyl (C=O) groups is 2. The summed E-state index contributed by atoms with van der Waals surface area (Å²) < 4.78 is 2.15. The highest BCUT2D eigenvalue weighted by Crippen LogP contribution is 2.36. The van der Waals surface area contributed by atoms with Gasteiger partial charge in [0, 0.05) is 42.4 Å². The molecule has 1 amide bonds. The SMILES string of the molecule is Cc1cc2c(n1CCC(=O)NC(C)C)CC(C)(C)CC2=O. The lowest BCUT2D eigenvalue weighted by atomic mass is 9.76. The molecule has 1 N–H and O–H groups in total. The first-order valence-electron chi connectivity index (χ1n) is 7.71. The molecule has 0 unspecified atom stereocenters. The van der Waals surface area contributed by atoms with Crippen LogP contribution in [0.1, 0.15) is 62.3 Å². The zero-order valence-corrected chi connectivity index (χ0v) is 13.7. The molecule has 21 heavy (non-hydrogen) atoms. The number of ketones is 1. The Balaban J connectivity index is 2.18. The summed E-state index contributed by atoms with van der Waals surface area (Å²) in [5, 5.41) is 2.91. The van der Waals surface area contributed by atoms with E-state index in [0.29, 0.717) is 19.4 Å². The maximum atomic E-state index is 12.3. The van der Waals surface area contributed by atoms with Gasteiger partial charge in [0.2, 0.25) is 5.91 Å². The molecule has 116 valence electrons. The fourth-order valence-corrected chi connectivity index (χ4v) is 3.12. The number of amides is 1. The van der Waals surface area contributed by atoms with Crippen LogP contribution in [0.5, 0.6) is 0 Å². The lowest BCUT2D eigenvalue weighted by molar-refractivity contribution is -0.121. The van der Waals surface area contributed by atoms with Gasteiger partial charge < -0.3 is 9.88 Å². The molecule has 0 radical (unpaired) electrons. The molecule has 0 bridgehead atoms. The summed E-state index contributed by atoms with van der Waals surface area (Å²) in [6.45, 7) is 10.8. The van der Waals surface area contributed by atoms with Crippen molar-refractivity contribution in [1.29, 1.82) is 0 Å². The average molecular weight is 290 g/mol. The standard InChI is InChI=1S/C17H26N2O2/c1-11(2)18-16(21)6-7-19-12(3)8-13-14(19)9-17(4,5)10-15(13)20/h8,11H,6-7,9-10H2,1-5H3,(H,18,21). The average Bonchev–Trinajstić information content (AvgIpc) is 2.61. The monoisotopic (exact) mass is 290 g/mol. The van der Waals surface area contributed by atoms with Crippen molar-refractivity contribution in [1.82, 2.24) is 9.88 Å². The number of aryl methyl sites for hydroxylation is 1. The van der Waals surface area contributed by atoms with Gasteiger partial charge in [-0.25, -0.2) is 0 Å². The normalized spacial score (nSPS) is 17.0. The van der Waals surface area contributed by atoms with Crippen molar-refractivity contribution in [2.24, 2.45) is 5.41 Å². The van der Waals surface area contributed by atoms with Crippen LogP contribution in [0.4, 0.5) is 0 Å². The van der Waals surface area contributed by atoms with Crippen LogP contribution in [-0.2, 0) is 17.8 Å². The molecule has 4 nitrogen and oxygen atoms in total. The highest BCUT2D eigenvalue weighted by molar-refractivity contribution is 5.99.